The van der Waals surface area contributed by atoms with Crippen LogP contribution in [0.5, 0.6) is 0 Å². The van der Waals surface area contributed by atoms with Crippen LogP contribution < -0.4 is 0 Å². The maximum atomic E-state index is 12.7. The summed E-state index contributed by atoms with van der Waals surface area (Å²) < 4.78 is 38.0. The quantitative estimate of drug-likeness (QED) is 0.830. The summed E-state index contributed by atoms with van der Waals surface area (Å²) in [7, 11) is 0. The van der Waals surface area contributed by atoms with Crippen LogP contribution in [-0.2, 0) is 19.0 Å². The van der Waals surface area contributed by atoms with Crippen molar-refractivity contribution in [1.82, 2.24) is 0 Å². The number of alkyl halides is 3. The minimum Gasteiger partial charge on any atom is -0.477 e. The van der Waals surface area contributed by atoms with Gasteiger partial charge >= 0.3 is 12.1 Å². The molecule has 2 rings (SSSR count). The van der Waals surface area contributed by atoms with Crippen molar-refractivity contribution in [2.75, 3.05) is 0 Å². The molecule has 1 aliphatic rings. The summed E-state index contributed by atoms with van der Waals surface area (Å²) in [5.74, 6) is -1.25. The van der Waals surface area contributed by atoms with Crippen molar-refractivity contribution in [2.24, 2.45) is 0 Å². The molecule has 88 valence electrons. The van der Waals surface area contributed by atoms with E-state index in [0.29, 0.717) is 36.2 Å². The molecule has 6 heteroatoms. The molecule has 0 fully saturated rings. The van der Waals surface area contributed by atoms with Gasteiger partial charge in [-0.25, -0.2) is 4.79 Å². The van der Waals surface area contributed by atoms with Crippen molar-refractivity contribution < 1.29 is 23.1 Å². The third-order valence-corrected chi connectivity index (χ3v) is 3.98. The highest BCUT2D eigenvalue weighted by Crippen LogP contribution is 2.43. The van der Waals surface area contributed by atoms with Gasteiger partial charge in [0.25, 0.3) is 0 Å². The fourth-order valence-electron chi connectivity index (χ4n) is 2.03. The molecule has 0 amide bonds. The first-order chi connectivity index (χ1) is 7.41. The summed E-state index contributed by atoms with van der Waals surface area (Å²) in [5, 5.41) is 8.86. The highest BCUT2D eigenvalue weighted by Gasteiger charge is 2.39. The molecule has 0 aromatic carbocycles. The zero-order chi connectivity index (χ0) is 11.9. The number of fused-ring (bicyclic) bond motifs is 1. The molecule has 0 atom stereocenters. The minimum atomic E-state index is -4.43. The van der Waals surface area contributed by atoms with Gasteiger partial charge in [0.1, 0.15) is 9.75 Å². The standard InChI is InChI=1S/C10H9F3O2S/c11-10(12,13)8-6-4-2-1-3-5(6)7(16-8)9(14)15/h1-4H2,(H,14,15). The van der Waals surface area contributed by atoms with E-state index in [1.807, 2.05) is 0 Å². The van der Waals surface area contributed by atoms with Crippen LogP contribution in [0.1, 0.15) is 38.5 Å². The van der Waals surface area contributed by atoms with Gasteiger partial charge in [-0.05, 0) is 36.8 Å². The van der Waals surface area contributed by atoms with Gasteiger partial charge in [-0.1, -0.05) is 0 Å². The first kappa shape index (κ1) is 11.4. The number of carbonyl (C=O) groups is 1. The smallest absolute Gasteiger partial charge is 0.425 e. The number of aromatic carboxylic acids is 1. The van der Waals surface area contributed by atoms with Crippen molar-refractivity contribution in [3.8, 4) is 0 Å². The molecule has 0 radical (unpaired) electrons. The summed E-state index contributed by atoms with van der Waals surface area (Å²) in [6.07, 6.45) is -2.18. The molecule has 1 heterocycles. The Labute approximate surface area is 93.7 Å². The summed E-state index contributed by atoms with van der Waals surface area (Å²) in [6, 6.07) is 0. The summed E-state index contributed by atoms with van der Waals surface area (Å²) in [6.45, 7) is 0. The van der Waals surface area contributed by atoms with Crippen molar-refractivity contribution in [3.05, 3.63) is 20.9 Å². The van der Waals surface area contributed by atoms with Crippen molar-refractivity contribution in [1.29, 1.82) is 0 Å². The van der Waals surface area contributed by atoms with Gasteiger partial charge in [-0.2, -0.15) is 13.2 Å². The normalized spacial score (nSPS) is 15.9. The van der Waals surface area contributed by atoms with Gasteiger partial charge in [-0.3, -0.25) is 0 Å². The average Bonchev–Trinajstić information content (AvgIpc) is 2.56. The van der Waals surface area contributed by atoms with Crippen molar-refractivity contribution in [2.45, 2.75) is 31.9 Å². The SMILES string of the molecule is O=C(O)c1sc(C(F)(F)F)c2c1CCCC2. The first-order valence-electron chi connectivity index (χ1n) is 4.86. The monoisotopic (exact) mass is 250 g/mol. The molecule has 0 saturated carbocycles. The fourth-order valence-corrected chi connectivity index (χ4v) is 3.14. The van der Waals surface area contributed by atoms with Crippen LogP contribution in [0.15, 0.2) is 0 Å². The molecule has 1 aromatic heterocycles. The topological polar surface area (TPSA) is 37.3 Å². The Bertz CT molecular complexity index is 434. The van der Waals surface area contributed by atoms with Crippen LogP contribution in [0.25, 0.3) is 0 Å². The van der Waals surface area contributed by atoms with Gasteiger partial charge in [0.05, 0.1) is 0 Å². The maximum Gasteiger partial charge on any atom is 0.425 e. The second-order valence-electron chi connectivity index (χ2n) is 3.73. The fraction of sp³-hybridized carbons (Fsp3) is 0.500. The largest absolute Gasteiger partial charge is 0.477 e. The second-order valence-corrected chi connectivity index (χ2v) is 4.75. The number of carboxylic acids is 1. The Balaban J connectivity index is 2.59. The number of rotatable bonds is 1. The van der Waals surface area contributed by atoms with Gasteiger partial charge in [0.15, 0.2) is 0 Å². The summed E-state index contributed by atoms with van der Waals surface area (Å²) in [4.78, 5) is 10.00. The molecule has 0 unspecified atom stereocenters. The van der Waals surface area contributed by atoms with Crippen LogP contribution in [0.4, 0.5) is 13.2 Å². The Kier molecular flexibility index (Phi) is 2.69. The number of hydrogen-bond acceptors (Lipinski definition) is 2. The van der Waals surface area contributed by atoms with Crippen LogP contribution in [0.3, 0.4) is 0 Å². The van der Waals surface area contributed by atoms with E-state index in [2.05, 4.69) is 0 Å². The summed E-state index contributed by atoms with van der Waals surface area (Å²) in [5.41, 5.74) is 0.609. The molecule has 0 aliphatic heterocycles. The molecule has 1 aromatic rings. The van der Waals surface area contributed by atoms with Crippen molar-refractivity contribution >= 4 is 17.3 Å². The predicted octanol–water partition coefficient (Wildman–Crippen LogP) is 3.34. The van der Waals surface area contributed by atoms with E-state index < -0.39 is 17.0 Å². The van der Waals surface area contributed by atoms with E-state index in [-0.39, 0.29) is 10.4 Å². The van der Waals surface area contributed by atoms with Crippen LogP contribution in [0.2, 0.25) is 0 Å². The number of halogens is 3. The van der Waals surface area contributed by atoms with E-state index in [1.54, 1.807) is 0 Å². The van der Waals surface area contributed by atoms with Gasteiger partial charge in [-0.15, -0.1) is 11.3 Å². The molecule has 1 N–H and O–H groups in total. The zero-order valence-electron chi connectivity index (χ0n) is 8.23. The van der Waals surface area contributed by atoms with E-state index >= 15 is 0 Å². The highest BCUT2D eigenvalue weighted by atomic mass is 32.1. The predicted molar refractivity (Wildman–Crippen MR) is 52.9 cm³/mol. The Hall–Kier alpha value is -1.04. The van der Waals surface area contributed by atoms with Crippen LogP contribution >= 0.6 is 11.3 Å². The van der Waals surface area contributed by atoms with Gasteiger partial charge < -0.3 is 5.11 Å². The second kappa shape index (κ2) is 3.76. The lowest BCUT2D eigenvalue weighted by Gasteiger charge is -2.14. The molecule has 1 aliphatic carbocycles. The van der Waals surface area contributed by atoms with Crippen LogP contribution in [-0.4, -0.2) is 11.1 Å². The van der Waals surface area contributed by atoms with Gasteiger partial charge in [0, 0.05) is 0 Å². The molecule has 16 heavy (non-hydrogen) atoms. The van der Waals surface area contributed by atoms with Crippen molar-refractivity contribution in [3.63, 3.8) is 0 Å². The van der Waals surface area contributed by atoms with E-state index in [9.17, 15) is 18.0 Å². The average molecular weight is 250 g/mol. The lowest BCUT2D eigenvalue weighted by molar-refractivity contribution is -0.135. The summed E-state index contributed by atoms with van der Waals surface area (Å²) >= 11 is 0.366. The molecule has 2 nitrogen and oxygen atoms in total. The molecule has 0 spiro atoms. The highest BCUT2D eigenvalue weighted by molar-refractivity contribution is 7.14. The lowest BCUT2D eigenvalue weighted by atomic mass is 9.92. The number of hydrogen-bond donors (Lipinski definition) is 1. The molecule has 0 bridgehead atoms. The first-order valence-corrected chi connectivity index (χ1v) is 5.68. The van der Waals surface area contributed by atoms with Crippen LogP contribution in [0, 0.1) is 0 Å². The van der Waals surface area contributed by atoms with E-state index in [0.717, 1.165) is 6.42 Å². The third-order valence-electron chi connectivity index (χ3n) is 2.67. The Morgan fingerprint density at radius 1 is 1.19 bits per heavy atom. The van der Waals surface area contributed by atoms with E-state index in [1.165, 1.54) is 0 Å². The minimum absolute atomic E-state index is 0.137. The Morgan fingerprint density at radius 3 is 2.25 bits per heavy atom. The number of thiophene rings is 1. The Morgan fingerprint density at radius 2 is 1.75 bits per heavy atom. The third kappa shape index (κ3) is 1.81. The molecular formula is C10H9F3O2S. The zero-order valence-corrected chi connectivity index (χ0v) is 9.04. The lowest BCUT2D eigenvalue weighted by Crippen LogP contribution is -2.10. The maximum absolute atomic E-state index is 12.7. The number of carboxylic acid groups (broad SMARTS) is 1. The molecule has 0 saturated heterocycles. The van der Waals surface area contributed by atoms with E-state index in [4.69, 9.17) is 5.11 Å². The molecular weight excluding hydrogens is 241 g/mol. The van der Waals surface area contributed by atoms with Gasteiger partial charge in [0.2, 0.25) is 0 Å².